The fraction of sp³-hybridized carbons (Fsp3) is 0.381. The van der Waals surface area contributed by atoms with Crippen LogP contribution in [0, 0.1) is 0 Å². The van der Waals surface area contributed by atoms with Crippen molar-refractivity contribution in [2.75, 3.05) is 23.8 Å². The Hall–Kier alpha value is -2.45. The van der Waals surface area contributed by atoms with E-state index >= 15 is 0 Å². The predicted molar refractivity (Wildman–Crippen MR) is 115 cm³/mol. The molecule has 0 fully saturated rings. The number of benzene rings is 2. The Morgan fingerprint density at radius 1 is 1.23 bits per heavy atom. The summed E-state index contributed by atoms with van der Waals surface area (Å²) < 4.78 is 36.8. The predicted octanol–water partition coefficient (Wildman–Crippen LogP) is 3.14. The number of halogens is 1. The fourth-order valence-electron chi connectivity index (χ4n) is 3.92. The van der Waals surface area contributed by atoms with E-state index in [4.69, 9.17) is 21.1 Å². The van der Waals surface area contributed by atoms with Crippen molar-refractivity contribution in [2.24, 2.45) is 0 Å². The Labute approximate surface area is 181 Å². The van der Waals surface area contributed by atoms with Crippen LogP contribution in [-0.2, 0) is 23.0 Å². The summed E-state index contributed by atoms with van der Waals surface area (Å²) in [7, 11) is -3.36. The normalized spacial score (nSPS) is 18.0. The zero-order valence-corrected chi connectivity index (χ0v) is 18.3. The minimum atomic E-state index is -3.36. The van der Waals surface area contributed by atoms with Crippen molar-refractivity contribution < 1.29 is 22.7 Å². The first-order valence-corrected chi connectivity index (χ1v) is 11.9. The number of nitrogens with zero attached hydrogens (tertiary/aromatic N) is 1. The molecule has 1 amide bonds. The van der Waals surface area contributed by atoms with Crippen molar-refractivity contribution in [3.63, 3.8) is 0 Å². The number of rotatable bonds is 4. The zero-order chi connectivity index (χ0) is 21.5. The molecule has 0 spiro atoms. The van der Waals surface area contributed by atoms with Crippen molar-refractivity contribution >= 4 is 33.2 Å². The smallest absolute Gasteiger partial charge is 0.251 e. The maximum absolute atomic E-state index is 12.7. The second-order valence-corrected chi connectivity index (χ2v) is 9.86. The van der Waals surface area contributed by atoms with Gasteiger partial charge in [0.1, 0.15) is 0 Å². The number of sulfonamides is 1. The first kappa shape index (κ1) is 20.8. The highest BCUT2D eigenvalue weighted by molar-refractivity contribution is 7.92. The third-order valence-electron chi connectivity index (χ3n) is 5.17. The van der Waals surface area contributed by atoms with E-state index in [-0.39, 0.29) is 18.5 Å². The molecule has 1 unspecified atom stereocenters. The molecule has 9 heteroatoms. The second kappa shape index (κ2) is 8.00. The molecule has 0 aromatic heterocycles. The summed E-state index contributed by atoms with van der Waals surface area (Å²) in [4.78, 5) is 12.7. The van der Waals surface area contributed by atoms with Crippen molar-refractivity contribution in [3.05, 3.63) is 52.0 Å². The third kappa shape index (κ3) is 4.06. The topological polar surface area (TPSA) is 84.9 Å². The van der Waals surface area contributed by atoms with Gasteiger partial charge in [0.05, 0.1) is 30.2 Å². The van der Waals surface area contributed by atoms with E-state index in [0.29, 0.717) is 47.4 Å². The van der Waals surface area contributed by atoms with Gasteiger partial charge >= 0.3 is 0 Å². The van der Waals surface area contributed by atoms with Crippen LogP contribution in [0.4, 0.5) is 5.69 Å². The lowest BCUT2D eigenvalue weighted by Crippen LogP contribution is -2.34. The number of amides is 1. The van der Waals surface area contributed by atoms with E-state index in [1.165, 1.54) is 10.6 Å². The monoisotopic (exact) mass is 450 g/mol. The van der Waals surface area contributed by atoms with Gasteiger partial charge in [-0.05, 0) is 54.8 Å². The number of ether oxygens (including phenoxy) is 2. The lowest BCUT2D eigenvalue weighted by atomic mass is 10.1. The largest absolute Gasteiger partial charge is 0.489 e. The maximum Gasteiger partial charge on any atom is 0.251 e. The van der Waals surface area contributed by atoms with Crippen LogP contribution in [0.1, 0.15) is 34.8 Å². The molecular weight excluding hydrogens is 428 g/mol. The van der Waals surface area contributed by atoms with Gasteiger partial charge in [-0.15, -0.1) is 0 Å². The van der Waals surface area contributed by atoms with Crippen molar-refractivity contribution in [1.82, 2.24) is 5.32 Å². The van der Waals surface area contributed by atoms with Gasteiger partial charge in [-0.2, -0.15) is 0 Å². The highest BCUT2D eigenvalue weighted by Crippen LogP contribution is 2.38. The van der Waals surface area contributed by atoms with E-state index in [2.05, 4.69) is 5.32 Å². The van der Waals surface area contributed by atoms with Crippen molar-refractivity contribution in [2.45, 2.75) is 32.4 Å². The van der Waals surface area contributed by atoms with Gasteiger partial charge in [-0.1, -0.05) is 11.6 Å². The van der Waals surface area contributed by atoms with Gasteiger partial charge in [0.15, 0.2) is 11.5 Å². The van der Waals surface area contributed by atoms with Gasteiger partial charge in [-0.3, -0.25) is 9.10 Å². The van der Waals surface area contributed by atoms with Crippen LogP contribution in [-0.4, -0.2) is 39.8 Å². The molecule has 1 atom stereocenters. The molecule has 7 nitrogen and oxygen atoms in total. The number of fused-ring (bicyclic) bond motifs is 2. The van der Waals surface area contributed by atoms with Crippen LogP contribution < -0.4 is 19.1 Å². The Morgan fingerprint density at radius 3 is 2.77 bits per heavy atom. The van der Waals surface area contributed by atoms with E-state index in [0.717, 1.165) is 17.5 Å². The summed E-state index contributed by atoms with van der Waals surface area (Å²) >= 11 is 6.31. The molecule has 30 heavy (non-hydrogen) atoms. The number of hydrogen-bond acceptors (Lipinski definition) is 5. The van der Waals surface area contributed by atoms with Crippen LogP contribution in [0.3, 0.4) is 0 Å². The maximum atomic E-state index is 12.7. The number of hydrogen-bond donors (Lipinski definition) is 1. The van der Waals surface area contributed by atoms with Crippen LogP contribution in [0.2, 0.25) is 5.02 Å². The van der Waals surface area contributed by atoms with Crippen LogP contribution in [0.15, 0.2) is 30.3 Å². The first-order chi connectivity index (χ1) is 14.2. The molecule has 1 N–H and O–H groups in total. The van der Waals surface area contributed by atoms with Crippen LogP contribution in [0.5, 0.6) is 11.5 Å². The number of carbonyl (C=O) groups excluding carboxylic acids is 1. The SMILES string of the molecule is CC1Cc2cc(C(=O)NCc3cc(Cl)c4c(c3)OCCCO4)ccc2N1S(C)(=O)=O. The van der Waals surface area contributed by atoms with Crippen molar-refractivity contribution in [1.29, 1.82) is 0 Å². The minimum absolute atomic E-state index is 0.169. The summed E-state index contributed by atoms with van der Waals surface area (Å²) in [5, 5.41) is 3.33. The average molecular weight is 451 g/mol. The summed E-state index contributed by atoms with van der Waals surface area (Å²) in [5.74, 6) is 0.871. The first-order valence-electron chi connectivity index (χ1n) is 9.72. The Balaban J connectivity index is 1.49. The van der Waals surface area contributed by atoms with E-state index in [1.54, 1.807) is 24.3 Å². The molecule has 0 aliphatic carbocycles. The molecule has 2 aromatic rings. The molecular formula is C21H23ClN2O5S. The molecule has 4 rings (SSSR count). The van der Waals surface area contributed by atoms with Gasteiger partial charge in [0.25, 0.3) is 5.91 Å². The molecule has 0 saturated carbocycles. The highest BCUT2D eigenvalue weighted by atomic mass is 35.5. The van der Waals surface area contributed by atoms with E-state index < -0.39 is 10.0 Å². The summed E-state index contributed by atoms with van der Waals surface area (Å²) in [5.41, 5.74) is 2.77. The van der Waals surface area contributed by atoms with Gasteiger partial charge < -0.3 is 14.8 Å². The molecule has 2 heterocycles. The van der Waals surface area contributed by atoms with Gasteiger partial charge in [-0.25, -0.2) is 8.42 Å². The van der Waals surface area contributed by atoms with E-state index in [1.807, 2.05) is 13.0 Å². The zero-order valence-electron chi connectivity index (χ0n) is 16.8. The molecule has 2 aliphatic heterocycles. The molecule has 160 valence electrons. The number of nitrogens with one attached hydrogen (secondary N) is 1. The highest BCUT2D eigenvalue weighted by Gasteiger charge is 2.32. The van der Waals surface area contributed by atoms with Gasteiger partial charge in [0.2, 0.25) is 10.0 Å². The Bertz CT molecular complexity index is 1100. The quantitative estimate of drug-likeness (QED) is 0.773. The molecule has 2 aromatic carbocycles. The average Bonchev–Trinajstić information content (AvgIpc) is 2.84. The lowest BCUT2D eigenvalue weighted by molar-refractivity contribution is 0.0950. The summed E-state index contributed by atoms with van der Waals surface area (Å²) in [6.45, 7) is 3.24. The Kier molecular flexibility index (Phi) is 5.55. The summed E-state index contributed by atoms with van der Waals surface area (Å²) in [6.07, 6.45) is 2.55. The van der Waals surface area contributed by atoms with Gasteiger partial charge in [0, 0.05) is 24.6 Å². The Morgan fingerprint density at radius 2 is 2.00 bits per heavy atom. The minimum Gasteiger partial charge on any atom is -0.489 e. The molecule has 0 bridgehead atoms. The molecule has 0 saturated heterocycles. The lowest BCUT2D eigenvalue weighted by Gasteiger charge is -2.21. The van der Waals surface area contributed by atoms with Crippen molar-refractivity contribution in [3.8, 4) is 11.5 Å². The molecule has 0 radical (unpaired) electrons. The van der Waals surface area contributed by atoms with Crippen LogP contribution >= 0.6 is 11.6 Å². The van der Waals surface area contributed by atoms with E-state index in [9.17, 15) is 13.2 Å². The third-order valence-corrected chi connectivity index (χ3v) is 6.72. The fourth-order valence-corrected chi connectivity index (χ4v) is 5.47. The molecule has 2 aliphatic rings. The standard InChI is InChI=1S/C21H23ClN2O5S/c1-13-8-16-11-15(4-5-18(16)24(13)30(2,26)27)21(25)23-12-14-9-17(22)20-19(10-14)28-6-3-7-29-20/h4-5,9-11,13H,3,6-8,12H2,1-2H3,(H,23,25). The second-order valence-electron chi connectivity index (χ2n) is 7.59. The van der Waals surface area contributed by atoms with Crippen LogP contribution in [0.25, 0.3) is 0 Å². The number of anilines is 1. The number of carbonyl (C=O) groups is 1. The summed E-state index contributed by atoms with van der Waals surface area (Å²) in [6, 6.07) is 8.50.